The second kappa shape index (κ2) is 4.21. The summed E-state index contributed by atoms with van der Waals surface area (Å²) in [5.74, 6) is -0.875. The van der Waals surface area contributed by atoms with E-state index in [1.807, 2.05) is 6.92 Å². The summed E-state index contributed by atoms with van der Waals surface area (Å²) < 4.78 is 31.0. The van der Waals surface area contributed by atoms with Gasteiger partial charge in [-0.25, -0.2) is 8.78 Å². The van der Waals surface area contributed by atoms with E-state index in [9.17, 15) is 8.78 Å². The van der Waals surface area contributed by atoms with E-state index >= 15 is 0 Å². The van der Waals surface area contributed by atoms with Crippen LogP contribution in [0.15, 0.2) is 12.1 Å². The molecule has 1 aromatic rings. The van der Waals surface area contributed by atoms with Crippen LogP contribution in [0.3, 0.4) is 0 Å². The van der Waals surface area contributed by atoms with Crippen molar-refractivity contribution in [3.8, 4) is 5.75 Å². The Morgan fingerprint density at radius 3 is 2.23 bits per heavy atom. The maximum atomic E-state index is 12.9. The van der Waals surface area contributed by atoms with Crippen molar-refractivity contribution in [2.75, 3.05) is 6.61 Å². The van der Waals surface area contributed by atoms with Crippen molar-refractivity contribution in [2.24, 2.45) is 0 Å². The summed E-state index contributed by atoms with van der Waals surface area (Å²) in [6.45, 7) is 3.80. The van der Waals surface area contributed by atoms with Gasteiger partial charge in [0.1, 0.15) is 17.4 Å². The molecular formula is C10H12F2O. The number of halogens is 2. The van der Waals surface area contributed by atoms with E-state index in [4.69, 9.17) is 4.74 Å². The SMILES string of the molecule is CCCOc1cc(F)c(C)c(F)c1. The number of hydrogen-bond donors (Lipinski definition) is 0. The minimum Gasteiger partial charge on any atom is -0.493 e. The number of rotatable bonds is 3. The standard InChI is InChI=1S/C10H12F2O/c1-3-4-13-8-5-9(11)7(2)10(12)6-8/h5-6H,3-4H2,1-2H3. The highest BCUT2D eigenvalue weighted by molar-refractivity contribution is 5.29. The first-order chi connectivity index (χ1) is 6.15. The molecule has 0 spiro atoms. The maximum Gasteiger partial charge on any atom is 0.132 e. The second-order valence-electron chi connectivity index (χ2n) is 2.86. The minimum atomic E-state index is -0.564. The van der Waals surface area contributed by atoms with E-state index < -0.39 is 11.6 Å². The Kier molecular flexibility index (Phi) is 3.23. The Bertz CT molecular complexity index is 274. The zero-order valence-electron chi connectivity index (χ0n) is 7.73. The van der Waals surface area contributed by atoms with Gasteiger partial charge in [-0.3, -0.25) is 0 Å². The molecule has 0 radical (unpaired) electrons. The molecule has 0 fully saturated rings. The van der Waals surface area contributed by atoms with Crippen LogP contribution in [0, 0.1) is 18.6 Å². The molecule has 0 aromatic heterocycles. The van der Waals surface area contributed by atoms with Gasteiger partial charge in [0.15, 0.2) is 0 Å². The maximum absolute atomic E-state index is 12.9. The van der Waals surface area contributed by atoms with Gasteiger partial charge >= 0.3 is 0 Å². The average molecular weight is 186 g/mol. The lowest BCUT2D eigenvalue weighted by atomic mass is 10.2. The second-order valence-corrected chi connectivity index (χ2v) is 2.86. The first-order valence-corrected chi connectivity index (χ1v) is 4.23. The number of hydrogen-bond acceptors (Lipinski definition) is 1. The highest BCUT2D eigenvalue weighted by Crippen LogP contribution is 2.19. The average Bonchev–Trinajstić information content (AvgIpc) is 2.10. The largest absolute Gasteiger partial charge is 0.493 e. The Balaban J connectivity index is 2.86. The Morgan fingerprint density at radius 1 is 1.23 bits per heavy atom. The molecule has 0 aliphatic heterocycles. The highest BCUT2D eigenvalue weighted by atomic mass is 19.1. The van der Waals surface area contributed by atoms with Gasteiger partial charge in [-0.2, -0.15) is 0 Å². The molecular weight excluding hydrogens is 174 g/mol. The molecule has 1 aromatic carbocycles. The topological polar surface area (TPSA) is 9.23 Å². The number of ether oxygens (including phenoxy) is 1. The molecule has 0 N–H and O–H groups in total. The lowest BCUT2D eigenvalue weighted by Crippen LogP contribution is -1.97. The van der Waals surface area contributed by atoms with Crippen LogP contribution >= 0.6 is 0 Å². The van der Waals surface area contributed by atoms with Gasteiger partial charge in [0.05, 0.1) is 6.61 Å². The molecule has 0 bridgehead atoms. The van der Waals surface area contributed by atoms with Crippen molar-refractivity contribution in [3.05, 3.63) is 29.3 Å². The van der Waals surface area contributed by atoms with Crippen molar-refractivity contribution >= 4 is 0 Å². The smallest absolute Gasteiger partial charge is 0.132 e. The first kappa shape index (κ1) is 9.96. The van der Waals surface area contributed by atoms with Crippen molar-refractivity contribution in [1.82, 2.24) is 0 Å². The predicted molar refractivity (Wildman–Crippen MR) is 46.9 cm³/mol. The van der Waals surface area contributed by atoms with Crippen molar-refractivity contribution in [2.45, 2.75) is 20.3 Å². The van der Waals surface area contributed by atoms with Gasteiger partial charge in [0.2, 0.25) is 0 Å². The normalized spacial score (nSPS) is 10.2. The third kappa shape index (κ3) is 2.41. The summed E-state index contributed by atoms with van der Waals surface area (Å²) in [5, 5.41) is 0. The van der Waals surface area contributed by atoms with Gasteiger partial charge in [0.25, 0.3) is 0 Å². The van der Waals surface area contributed by atoms with Gasteiger partial charge < -0.3 is 4.74 Å². The summed E-state index contributed by atoms with van der Waals surface area (Å²) in [6.07, 6.45) is 0.817. The summed E-state index contributed by atoms with van der Waals surface area (Å²) in [6, 6.07) is 2.40. The fourth-order valence-electron chi connectivity index (χ4n) is 0.925. The van der Waals surface area contributed by atoms with E-state index in [1.54, 1.807) is 0 Å². The molecule has 0 saturated heterocycles. The Hall–Kier alpha value is -1.12. The van der Waals surface area contributed by atoms with Gasteiger partial charge in [-0.15, -0.1) is 0 Å². The van der Waals surface area contributed by atoms with Gasteiger partial charge in [0, 0.05) is 17.7 Å². The van der Waals surface area contributed by atoms with E-state index in [1.165, 1.54) is 19.1 Å². The predicted octanol–water partition coefficient (Wildman–Crippen LogP) is 3.06. The lowest BCUT2D eigenvalue weighted by molar-refractivity contribution is 0.313. The third-order valence-electron chi connectivity index (χ3n) is 1.73. The Morgan fingerprint density at radius 2 is 1.77 bits per heavy atom. The van der Waals surface area contributed by atoms with E-state index in [0.717, 1.165) is 6.42 Å². The summed E-state index contributed by atoms with van der Waals surface area (Å²) in [5.41, 5.74) is 0.0313. The van der Waals surface area contributed by atoms with Crippen LogP contribution in [0.25, 0.3) is 0 Å². The first-order valence-electron chi connectivity index (χ1n) is 4.23. The summed E-state index contributed by atoms with van der Waals surface area (Å²) >= 11 is 0. The molecule has 72 valence electrons. The van der Waals surface area contributed by atoms with Crippen LogP contribution in [0.5, 0.6) is 5.75 Å². The zero-order valence-corrected chi connectivity index (χ0v) is 7.73. The molecule has 0 aliphatic rings. The number of benzene rings is 1. The van der Waals surface area contributed by atoms with Crippen LogP contribution < -0.4 is 4.74 Å². The lowest BCUT2D eigenvalue weighted by Gasteiger charge is -2.06. The molecule has 0 heterocycles. The minimum absolute atomic E-state index is 0.0313. The summed E-state index contributed by atoms with van der Waals surface area (Å²) in [4.78, 5) is 0. The van der Waals surface area contributed by atoms with E-state index in [0.29, 0.717) is 6.61 Å². The van der Waals surface area contributed by atoms with Crippen molar-refractivity contribution in [1.29, 1.82) is 0 Å². The van der Waals surface area contributed by atoms with Crippen molar-refractivity contribution < 1.29 is 13.5 Å². The monoisotopic (exact) mass is 186 g/mol. The highest BCUT2D eigenvalue weighted by Gasteiger charge is 2.06. The molecule has 0 saturated carbocycles. The van der Waals surface area contributed by atoms with Gasteiger partial charge in [-0.1, -0.05) is 6.92 Å². The van der Waals surface area contributed by atoms with E-state index in [2.05, 4.69) is 0 Å². The molecule has 0 atom stereocenters. The van der Waals surface area contributed by atoms with E-state index in [-0.39, 0.29) is 11.3 Å². The van der Waals surface area contributed by atoms with Crippen molar-refractivity contribution in [3.63, 3.8) is 0 Å². The Labute approximate surface area is 76.3 Å². The zero-order chi connectivity index (χ0) is 9.84. The molecule has 0 unspecified atom stereocenters. The fraction of sp³-hybridized carbons (Fsp3) is 0.400. The van der Waals surface area contributed by atoms with Crippen LogP contribution in [-0.2, 0) is 0 Å². The molecule has 3 heteroatoms. The third-order valence-corrected chi connectivity index (χ3v) is 1.73. The van der Waals surface area contributed by atoms with Crippen LogP contribution in [-0.4, -0.2) is 6.61 Å². The molecule has 0 aliphatic carbocycles. The van der Waals surface area contributed by atoms with Gasteiger partial charge in [-0.05, 0) is 13.3 Å². The van der Waals surface area contributed by atoms with Crippen LogP contribution in [0.1, 0.15) is 18.9 Å². The quantitative estimate of drug-likeness (QED) is 0.704. The van der Waals surface area contributed by atoms with Crippen LogP contribution in [0.2, 0.25) is 0 Å². The molecule has 13 heavy (non-hydrogen) atoms. The summed E-state index contributed by atoms with van der Waals surface area (Å²) in [7, 11) is 0. The van der Waals surface area contributed by atoms with Crippen LogP contribution in [0.4, 0.5) is 8.78 Å². The fourth-order valence-corrected chi connectivity index (χ4v) is 0.925. The molecule has 1 nitrogen and oxygen atoms in total. The molecule has 0 amide bonds. The molecule has 1 rings (SSSR count).